The van der Waals surface area contributed by atoms with Gasteiger partial charge in [0, 0.05) is 6.61 Å². The average Bonchev–Trinajstić information content (AvgIpc) is 2.19. The molecule has 0 bridgehead atoms. The van der Waals surface area contributed by atoms with Gasteiger partial charge in [0.2, 0.25) is 0 Å². The Morgan fingerprint density at radius 2 is 2.62 bits per heavy atom. The topological polar surface area (TPSA) is 18.5 Å². The molecule has 1 heterocycles. The van der Waals surface area contributed by atoms with E-state index in [2.05, 4.69) is 0 Å². The van der Waals surface area contributed by atoms with Crippen LogP contribution in [0.3, 0.4) is 0 Å². The third-order valence-electron chi connectivity index (χ3n) is 1.38. The van der Waals surface area contributed by atoms with Gasteiger partial charge in [0.15, 0.2) is 0 Å². The van der Waals surface area contributed by atoms with Gasteiger partial charge in [-0.05, 0) is 12.8 Å². The van der Waals surface area contributed by atoms with Crippen LogP contribution in [0, 0.1) is 0 Å². The summed E-state index contributed by atoms with van der Waals surface area (Å²) in [7, 11) is 0.844. The SMILES string of the molecule is [SiH3]OCC1CCCO1. The summed E-state index contributed by atoms with van der Waals surface area (Å²) in [5, 5.41) is 0. The monoisotopic (exact) mass is 132 g/mol. The van der Waals surface area contributed by atoms with Crippen molar-refractivity contribution >= 4 is 10.5 Å². The van der Waals surface area contributed by atoms with Gasteiger partial charge in [-0.2, -0.15) is 0 Å². The smallest absolute Gasteiger partial charge is 0.146 e. The van der Waals surface area contributed by atoms with Crippen LogP contribution in [0.2, 0.25) is 0 Å². The highest BCUT2D eigenvalue weighted by atomic mass is 28.2. The molecule has 0 aromatic rings. The molecule has 0 amide bonds. The van der Waals surface area contributed by atoms with Crippen LogP contribution < -0.4 is 0 Å². The van der Waals surface area contributed by atoms with E-state index in [9.17, 15) is 0 Å². The van der Waals surface area contributed by atoms with Crippen LogP contribution in [0.25, 0.3) is 0 Å². The van der Waals surface area contributed by atoms with Crippen molar-refractivity contribution < 1.29 is 9.16 Å². The van der Waals surface area contributed by atoms with Gasteiger partial charge < -0.3 is 9.16 Å². The maximum absolute atomic E-state index is 5.29. The van der Waals surface area contributed by atoms with Crippen LogP contribution in [-0.4, -0.2) is 29.8 Å². The van der Waals surface area contributed by atoms with Crippen molar-refractivity contribution in [1.29, 1.82) is 0 Å². The van der Waals surface area contributed by atoms with Gasteiger partial charge in [0.25, 0.3) is 0 Å². The molecule has 0 radical (unpaired) electrons. The summed E-state index contributed by atoms with van der Waals surface area (Å²) in [6.07, 6.45) is 2.84. The highest BCUT2D eigenvalue weighted by molar-refractivity contribution is 5.97. The molecule has 1 aliphatic rings. The van der Waals surface area contributed by atoms with Crippen molar-refractivity contribution in [3.63, 3.8) is 0 Å². The Labute approximate surface area is 52.7 Å². The minimum Gasteiger partial charge on any atom is -0.425 e. The number of rotatable bonds is 2. The second-order valence-corrected chi connectivity index (χ2v) is 2.67. The summed E-state index contributed by atoms with van der Waals surface area (Å²) in [5.41, 5.74) is 0. The maximum Gasteiger partial charge on any atom is 0.146 e. The first kappa shape index (κ1) is 6.26. The van der Waals surface area contributed by atoms with Crippen LogP contribution in [0.15, 0.2) is 0 Å². The summed E-state index contributed by atoms with van der Waals surface area (Å²) < 4.78 is 10.3. The van der Waals surface area contributed by atoms with Gasteiger partial charge >= 0.3 is 0 Å². The quantitative estimate of drug-likeness (QED) is 0.470. The lowest BCUT2D eigenvalue weighted by atomic mass is 10.2. The Morgan fingerprint density at radius 3 is 3.12 bits per heavy atom. The first-order valence-electron chi connectivity index (χ1n) is 3.04. The van der Waals surface area contributed by atoms with Crippen molar-refractivity contribution in [3.8, 4) is 0 Å². The molecular weight excluding hydrogens is 120 g/mol. The van der Waals surface area contributed by atoms with Crippen molar-refractivity contribution in [2.45, 2.75) is 18.9 Å². The molecule has 1 aliphatic heterocycles. The minimum absolute atomic E-state index is 0.424. The zero-order valence-electron chi connectivity index (χ0n) is 5.22. The third kappa shape index (κ3) is 1.58. The average molecular weight is 132 g/mol. The summed E-state index contributed by atoms with van der Waals surface area (Å²) in [4.78, 5) is 0. The van der Waals surface area contributed by atoms with Gasteiger partial charge in [0.05, 0.1) is 12.7 Å². The second-order valence-electron chi connectivity index (χ2n) is 2.09. The third-order valence-corrected chi connectivity index (χ3v) is 1.71. The molecule has 1 unspecified atom stereocenters. The van der Waals surface area contributed by atoms with Crippen LogP contribution in [0.1, 0.15) is 12.8 Å². The molecule has 0 aliphatic carbocycles. The Hall–Kier alpha value is 0.137. The number of hydrogen-bond acceptors (Lipinski definition) is 2. The van der Waals surface area contributed by atoms with Crippen LogP contribution >= 0.6 is 0 Å². The highest BCUT2D eigenvalue weighted by Gasteiger charge is 2.13. The summed E-state index contributed by atoms with van der Waals surface area (Å²) in [6, 6.07) is 0. The lowest BCUT2D eigenvalue weighted by Crippen LogP contribution is -2.12. The van der Waals surface area contributed by atoms with Gasteiger partial charge in [-0.25, -0.2) is 0 Å². The second kappa shape index (κ2) is 3.22. The largest absolute Gasteiger partial charge is 0.425 e. The molecule has 0 spiro atoms. The molecule has 0 N–H and O–H groups in total. The molecule has 0 aromatic heterocycles. The fourth-order valence-electron chi connectivity index (χ4n) is 0.962. The van der Waals surface area contributed by atoms with E-state index in [1.165, 1.54) is 12.8 Å². The molecule has 0 aromatic carbocycles. The van der Waals surface area contributed by atoms with E-state index in [1.54, 1.807) is 0 Å². The normalized spacial score (nSPS) is 29.2. The van der Waals surface area contributed by atoms with E-state index in [1.807, 2.05) is 0 Å². The Bertz CT molecular complexity index is 61.4. The molecule has 8 heavy (non-hydrogen) atoms. The first-order valence-corrected chi connectivity index (χ1v) is 3.85. The predicted octanol–water partition coefficient (Wildman–Crippen LogP) is -0.538. The molecule has 1 fully saturated rings. The number of hydrogen-bond donors (Lipinski definition) is 0. The van der Waals surface area contributed by atoms with E-state index in [4.69, 9.17) is 9.16 Å². The maximum atomic E-state index is 5.29. The standard InChI is InChI=1S/C5H12O2Si/c8-7-4-5-2-1-3-6-5/h5H,1-4H2,8H3. The molecule has 1 atom stereocenters. The van der Waals surface area contributed by atoms with Gasteiger partial charge in [0.1, 0.15) is 10.5 Å². The Morgan fingerprint density at radius 1 is 1.75 bits per heavy atom. The summed E-state index contributed by atoms with van der Waals surface area (Å²) >= 11 is 0. The van der Waals surface area contributed by atoms with Gasteiger partial charge in [-0.15, -0.1) is 0 Å². The molecular formula is C5H12O2Si. The fourth-order valence-corrected chi connectivity index (χ4v) is 1.33. The molecule has 1 saturated heterocycles. The van der Waals surface area contributed by atoms with E-state index in [0.717, 1.165) is 23.7 Å². The summed E-state index contributed by atoms with van der Waals surface area (Å²) in [5.74, 6) is 0. The fraction of sp³-hybridized carbons (Fsp3) is 1.00. The van der Waals surface area contributed by atoms with Crippen molar-refractivity contribution in [2.24, 2.45) is 0 Å². The molecule has 2 nitrogen and oxygen atoms in total. The predicted molar refractivity (Wildman–Crippen MR) is 34.9 cm³/mol. The van der Waals surface area contributed by atoms with Crippen LogP contribution in [0.4, 0.5) is 0 Å². The van der Waals surface area contributed by atoms with E-state index in [0.29, 0.717) is 6.10 Å². The number of ether oxygens (including phenoxy) is 1. The Balaban J connectivity index is 2.06. The zero-order valence-corrected chi connectivity index (χ0v) is 7.22. The zero-order chi connectivity index (χ0) is 5.82. The molecule has 3 heteroatoms. The Kier molecular flexibility index (Phi) is 2.52. The van der Waals surface area contributed by atoms with E-state index >= 15 is 0 Å². The lowest BCUT2D eigenvalue weighted by molar-refractivity contribution is 0.0712. The summed E-state index contributed by atoms with van der Waals surface area (Å²) in [6.45, 7) is 1.77. The van der Waals surface area contributed by atoms with Crippen LogP contribution in [-0.2, 0) is 9.16 Å². The lowest BCUT2D eigenvalue weighted by Gasteiger charge is -2.05. The van der Waals surface area contributed by atoms with Crippen molar-refractivity contribution in [1.82, 2.24) is 0 Å². The van der Waals surface area contributed by atoms with E-state index < -0.39 is 0 Å². The minimum atomic E-state index is 0.424. The highest BCUT2D eigenvalue weighted by Crippen LogP contribution is 2.10. The molecule has 1 rings (SSSR count). The van der Waals surface area contributed by atoms with Gasteiger partial charge in [-0.3, -0.25) is 0 Å². The molecule has 48 valence electrons. The molecule has 0 saturated carbocycles. The van der Waals surface area contributed by atoms with Gasteiger partial charge in [-0.1, -0.05) is 0 Å². The van der Waals surface area contributed by atoms with Crippen molar-refractivity contribution in [3.05, 3.63) is 0 Å². The van der Waals surface area contributed by atoms with Crippen LogP contribution in [0.5, 0.6) is 0 Å². The van der Waals surface area contributed by atoms with Crippen molar-refractivity contribution in [2.75, 3.05) is 13.2 Å². The van der Waals surface area contributed by atoms with E-state index in [-0.39, 0.29) is 0 Å². The first-order chi connectivity index (χ1) is 3.93.